The van der Waals surface area contributed by atoms with Gasteiger partial charge >= 0.3 is 5.51 Å². The highest BCUT2D eigenvalue weighted by Crippen LogP contribution is 2.43. The minimum absolute atomic E-state index is 0.318. The van der Waals surface area contributed by atoms with Crippen molar-refractivity contribution >= 4 is 15.5 Å². The van der Waals surface area contributed by atoms with E-state index in [1.54, 1.807) is 0 Å². The molecule has 3 nitrogen and oxygen atoms in total. The van der Waals surface area contributed by atoms with E-state index in [4.69, 9.17) is 5.73 Å². The van der Waals surface area contributed by atoms with Gasteiger partial charge in [0.15, 0.2) is 0 Å². The molecule has 110 valence electrons. The van der Waals surface area contributed by atoms with E-state index in [1.807, 2.05) is 24.3 Å². The number of fused-ring (bicyclic) bond motifs is 3. The molecule has 0 unspecified atom stereocenters. The number of rotatable bonds is 1. The molecule has 3 rings (SSSR count). The number of anilines is 1. The maximum Gasteiger partial charge on any atom is 0.501 e. The van der Waals surface area contributed by atoms with Crippen molar-refractivity contribution in [2.24, 2.45) is 0 Å². The van der Waals surface area contributed by atoms with E-state index in [2.05, 4.69) is 0 Å². The Morgan fingerprint density at radius 3 is 2.33 bits per heavy atom. The van der Waals surface area contributed by atoms with Gasteiger partial charge in [0.1, 0.15) is 0 Å². The minimum atomic E-state index is -5.44. The van der Waals surface area contributed by atoms with Crippen LogP contribution in [0.15, 0.2) is 41.3 Å². The first kappa shape index (κ1) is 13.9. The molecule has 1 aliphatic carbocycles. The molecular weight excluding hydrogens is 303 g/mol. The normalized spacial score (nSPS) is 13.9. The average molecular weight is 313 g/mol. The molecule has 21 heavy (non-hydrogen) atoms. The number of alkyl halides is 3. The molecule has 0 bridgehead atoms. The first-order valence-corrected chi connectivity index (χ1v) is 7.53. The van der Waals surface area contributed by atoms with Crippen molar-refractivity contribution in [3.05, 3.63) is 47.5 Å². The summed E-state index contributed by atoms with van der Waals surface area (Å²) in [5, 5.41) is 0. The number of hydrogen-bond acceptors (Lipinski definition) is 3. The number of nitrogens with two attached hydrogens (primary N) is 1. The lowest BCUT2D eigenvalue weighted by atomic mass is 10.1. The van der Waals surface area contributed by atoms with Gasteiger partial charge in [0.2, 0.25) is 0 Å². The second-order valence-electron chi connectivity index (χ2n) is 4.79. The largest absolute Gasteiger partial charge is 0.501 e. The van der Waals surface area contributed by atoms with Crippen LogP contribution in [0.25, 0.3) is 11.1 Å². The molecule has 0 heterocycles. The summed E-state index contributed by atoms with van der Waals surface area (Å²) in [4.78, 5) is -0.874. The Labute approximate surface area is 119 Å². The van der Waals surface area contributed by atoms with Gasteiger partial charge in [-0.05, 0) is 28.3 Å². The summed E-state index contributed by atoms with van der Waals surface area (Å²) >= 11 is 0. The molecule has 2 aromatic carbocycles. The topological polar surface area (TPSA) is 60.2 Å². The zero-order chi connectivity index (χ0) is 15.4. The fraction of sp³-hybridized carbons (Fsp3) is 0.143. The fourth-order valence-electron chi connectivity index (χ4n) is 2.57. The van der Waals surface area contributed by atoms with E-state index in [-0.39, 0.29) is 5.69 Å². The maximum atomic E-state index is 12.7. The van der Waals surface area contributed by atoms with Gasteiger partial charge in [-0.3, -0.25) is 0 Å². The Hall–Kier alpha value is -2.02. The fourth-order valence-corrected chi connectivity index (χ4v) is 3.48. The average Bonchev–Trinajstić information content (AvgIpc) is 2.77. The van der Waals surface area contributed by atoms with Gasteiger partial charge in [-0.1, -0.05) is 30.3 Å². The van der Waals surface area contributed by atoms with Crippen molar-refractivity contribution in [3.8, 4) is 11.1 Å². The van der Waals surface area contributed by atoms with Crippen LogP contribution < -0.4 is 5.73 Å². The Kier molecular flexibility index (Phi) is 2.81. The standard InChI is InChI=1S/C14H10F3NO2S/c15-14(16,17)21(19,20)12-6-5-10-9-4-2-1-3-8(9)7-11(10)13(12)18/h1-6H,7,18H2. The minimum Gasteiger partial charge on any atom is -0.397 e. The van der Waals surface area contributed by atoms with Crippen LogP contribution in [0.4, 0.5) is 18.9 Å². The molecule has 0 radical (unpaired) electrons. The monoisotopic (exact) mass is 313 g/mol. The molecule has 2 N–H and O–H groups in total. The third-order valence-electron chi connectivity index (χ3n) is 3.59. The first-order chi connectivity index (χ1) is 9.73. The summed E-state index contributed by atoms with van der Waals surface area (Å²) in [7, 11) is -5.44. The molecule has 0 spiro atoms. The number of sulfone groups is 1. The van der Waals surface area contributed by atoms with E-state index in [0.29, 0.717) is 17.5 Å². The van der Waals surface area contributed by atoms with Gasteiger partial charge in [0, 0.05) is 6.42 Å². The lowest BCUT2D eigenvalue weighted by molar-refractivity contribution is -0.0435. The molecule has 7 heteroatoms. The van der Waals surface area contributed by atoms with Gasteiger partial charge in [-0.2, -0.15) is 13.2 Å². The van der Waals surface area contributed by atoms with Gasteiger partial charge in [0.25, 0.3) is 9.84 Å². The third kappa shape index (κ3) is 1.91. The van der Waals surface area contributed by atoms with Gasteiger partial charge < -0.3 is 5.73 Å². The number of hydrogen-bond donors (Lipinski definition) is 1. The third-order valence-corrected chi connectivity index (χ3v) is 5.13. The van der Waals surface area contributed by atoms with Crippen LogP contribution in [0, 0.1) is 0 Å². The van der Waals surface area contributed by atoms with E-state index < -0.39 is 20.2 Å². The SMILES string of the molecule is Nc1c(S(=O)(=O)C(F)(F)F)ccc2c1Cc1ccccc1-2. The molecule has 0 atom stereocenters. The van der Waals surface area contributed by atoms with Gasteiger partial charge in [-0.25, -0.2) is 8.42 Å². The van der Waals surface area contributed by atoms with Crippen LogP contribution in [-0.2, 0) is 16.3 Å². The molecule has 0 aromatic heterocycles. The van der Waals surface area contributed by atoms with Crippen molar-refractivity contribution < 1.29 is 21.6 Å². The highest BCUT2D eigenvalue weighted by Gasteiger charge is 2.48. The summed E-state index contributed by atoms with van der Waals surface area (Å²) < 4.78 is 61.1. The highest BCUT2D eigenvalue weighted by atomic mass is 32.2. The number of benzene rings is 2. The molecular formula is C14H10F3NO2S. The lowest BCUT2D eigenvalue weighted by Gasteiger charge is -2.13. The quantitative estimate of drug-likeness (QED) is 0.702. The van der Waals surface area contributed by atoms with Crippen molar-refractivity contribution in [3.63, 3.8) is 0 Å². The van der Waals surface area contributed by atoms with E-state index >= 15 is 0 Å². The van der Waals surface area contributed by atoms with E-state index in [0.717, 1.165) is 17.2 Å². The van der Waals surface area contributed by atoms with Crippen LogP contribution in [0.2, 0.25) is 0 Å². The molecule has 0 saturated heterocycles. The summed E-state index contributed by atoms with van der Waals surface area (Å²) in [6.07, 6.45) is 0.332. The molecule has 1 aliphatic rings. The van der Waals surface area contributed by atoms with E-state index in [1.165, 1.54) is 6.07 Å². The van der Waals surface area contributed by atoms with Gasteiger partial charge in [-0.15, -0.1) is 0 Å². The van der Waals surface area contributed by atoms with Crippen molar-refractivity contribution in [2.75, 3.05) is 5.73 Å². The lowest BCUT2D eigenvalue weighted by Crippen LogP contribution is -2.24. The summed E-state index contributed by atoms with van der Waals surface area (Å²) in [5.41, 5.74) is 2.94. The molecule has 0 fully saturated rings. The van der Waals surface area contributed by atoms with Crippen molar-refractivity contribution in [1.29, 1.82) is 0 Å². The summed E-state index contributed by atoms with van der Waals surface area (Å²) in [6, 6.07) is 9.61. The first-order valence-electron chi connectivity index (χ1n) is 6.04. The van der Waals surface area contributed by atoms with Crippen LogP contribution >= 0.6 is 0 Å². The number of halogens is 3. The Balaban J connectivity index is 2.22. The van der Waals surface area contributed by atoms with Crippen LogP contribution in [0.1, 0.15) is 11.1 Å². The number of nitrogen functional groups attached to an aromatic ring is 1. The van der Waals surface area contributed by atoms with Crippen LogP contribution in [0.3, 0.4) is 0 Å². The van der Waals surface area contributed by atoms with Crippen LogP contribution in [0.5, 0.6) is 0 Å². The second-order valence-corrected chi connectivity index (χ2v) is 6.70. The maximum absolute atomic E-state index is 12.7. The van der Waals surface area contributed by atoms with Crippen LogP contribution in [-0.4, -0.2) is 13.9 Å². The summed E-state index contributed by atoms with van der Waals surface area (Å²) in [6.45, 7) is 0. The van der Waals surface area contributed by atoms with Gasteiger partial charge in [0.05, 0.1) is 10.6 Å². The molecule has 0 amide bonds. The Morgan fingerprint density at radius 1 is 1.00 bits per heavy atom. The molecule has 0 saturated carbocycles. The van der Waals surface area contributed by atoms with Crippen molar-refractivity contribution in [2.45, 2.75) is 16.8 Å². The van der Waals surface area contributed by atoms with E-state index in [9.17, 15) is 21.6 Å². The Bertz CT molecular complexity index is 842. The molecule has 2 aromatic rings. The predicted octanol–water partition coefficient (Wildman–Crippen LogP) is 3.13. The predicted molar refractivity (Wildman–Crippen MR) is 72.3 cm³/mol. The van der Waals surface area contributed by atoms with Crippen molar-refractivity contribution in [1.82, 2.24) is 0 Å². The summed E-state index contributed by atoms with van der Waals surface area (Å²) in [5.74, 6) is 0. The highest BCUT2D eigenvalue weighted by molar-refractivity contribution is 7.92. The second kappa shape index (κ2) is 4.24. The zero-order valence-corrected chi connectivity index (χ0v) is 11.4. The Morgan fingerprint density at radius 2 is 1.67 bits per heavy atom. The zero-order valence-electron chi connectivity index (χ0n) is 10.6. The molecule has 0 aliphatic heterocycles. The smallest absolute Gasteiger partial charge is 0.397 e.